The van der Waals surface area contributed by atoms with Gasteiger partial charge < -0.3 is 4.57 Å². The number of hydrogen-bond donors (Lipinski definition) is 2. The van der Waals surface area contributed by atoms with Gasteiger partial charge in [-0.15, -0.1) is 13.2 Å². The number of hydroxylamine groups is 1. The molecule has 0 saturated heterocycles. The molecule has 2 aromatic rings. The molecule has 6 heteroatoms. The van der Waals surface area contributed by atoms with Gasteiger partial charge in [0.15, 0.2) is 0 Å². The molecule has 33 heavy (non-hydrogen) atoms. The van der Waals surface area contributed by atoms with E-state index in [1.165, 1.54) is 11.8 Å². The number of benzene rings is 1. The highest BCUT2D eigenvalue weighted by Crippen LogP contribution is 2.26. The lowest BCUT2D eigenvalue weighted by molar-refractivity contribution is -0.124. The van der Waals surface area contributed by atoms with Gasteiger partial charge in [0, 0.05) is 31.1 Å². The number of aromatic nitrogens is 2. The number of carbonyl (C=O) groups excluding carboxylic acids is 1. The zero-order valence-electron chi connectivity index (χ0n) is 20.7. The third-order valence-corrected chi connectivity index (χ3v) is 5.33. The minimum Gasteiger partial charge on any atom is -0.330 e. The van der Waals surface area contributed by atoms with Gasteiger partial charge in [-0.25, -0.2) is 10.5 Å². The summed E-state index contributed by atoms with van der Waals surface area (Å²) in [5.74, 6) is 0.541. The van der Waals surface area contributed by atoms with Crippen molar-refractivity contribution < 1.29 is 10.0 Å². The van der Waals surface area contributed by atoms with Crippen molar-refractivity contribution in [3.05, 3.63) is 78.8 Å². The Balaban J connectivity index is 0.00000265. The van der Waals surface area contributed by atoms with E-state index in [0.29, 0.717) is 6.42 Å². The van der Waals surface area contributed by atoms with Crippen molar-refractivity contribution in [3.8, 4) is 11.3 Å². The van der Waals surface area contributed by atoms with Gasteiger partial charge in [-0.2, -0.15) is 0 Å². The number of imidazole rings is 1. The van der Waals surface area contributed by atoms with E-state index in [9.17, 15) is 4.79 Å². The standard InChI is InChI=1S/C25H36N4O2.C2H4/c1-5-18-28(6-2)19-22-25(21-13-9-8-10-14-21)26-23(29(22)7-3)17-16-20(4)12-11-15-24(30)27-31;1-2/h8-11,13-16,31H,5-7,12,17-19H2,1-4H3,(H,27,30);1-2H2/b15-11+,20-16+;. The highest BCUT2D eigenvalue weighted by molar-refractivity contribution is 5.86. The van der Waals surface area contributed by atoms with E-state index in [-0.39, 0.29) is 0 Å². The zero-order valence-corrected chi connectivity index (χ0v) is 20.7. The van der Waals surface area contributed by atoms with Crippen LogP contribution in [0.2, 0.25) is 0 Å². The molecule has 0 aliphatic heterocycles. The van der Waals surface area contributed by atoms with E-state index in [0.717, 1.165) is 61.7 Å². The Morgan fingerprint density at radius 2 is 1.91 bits per heavy atom. The molecule has 0 fully saturated rings. The summed E-state index contributed by atoms with van der Waals surface area (Å²) in [5.41, 5.74) is 6.24. The summed E-state index contributed by atoms with van der Waals surface area (Å²) in [6, 6.07) is 10.4. The summed E-state index contributed by atoms with van der Waals surface area (Å²) < 4.78 is 2.35. The summed E-state index contributed by atoms with van der Waals surface area (Å²) in [6.45, 7) is 18.5. The molecule has 0 aliphatic carbocycles. The van der Waals surface area contributed by atoms with E-state index in [4.69, 9.17) is 10.2 Å². The molecule has 1 heterocycles. The van der Waals surface area contributed by atoms with Crippen LogP contribution in [-0.2, 0) is 24.3 Å². The van der Waals surface area contributed by atoms with Crippen LogP contribution in [0.15, 0.2) is 67.3 Å². The normalized spacial score (nSPS) is 11.5. The highest BCUT2D eigenvalue weighted by atomic mass is 16.5. The maximum absolute atomic E-state index is 11.1. The van der Waals surface area contributed by atoms with E-state index in [1.807, 2.05) is 13.0 Å². The number of hydrogen-bond acceptors (Lipinski definition) is 4. The predicted octanol–water partition coefficient (Wildman–Crippen LogP) is 5.54. The lowest BCUT2D eigenvalue weighted by atomic mass is 10.1. The SMILES string of the molecule is C=C.CCCN(CC)Cc1c(-c2ccccc2)nc(C/C=C(\C)C/C=C/C(=O)NO)n1CC. The molecule has 0 unspecified atom stereocenters. The summed E-state index contributed by atoms with van der Waals surface area (Å²) in [5, 5.41) is 8.57. The molecule has 0 saturated carbocycles. The van der Waals surface area contributed by atoms with Gasteiger partial charge >= 0.3 is 0 Å². The second-order valence-corrected chi connectivity index (χ2v) is 7.64. The number of rotatable bonds is 12. The van der Waals surface area contributed by atoms with Gasteiger partial charge in [0.1, 0.15) is 5.82 Å². The second kappa shape index (κ2) is 15.8. The number of carbonyl (C=O) groups is 1. The molecule has 2 N–H and O–H groups in total. The zero-order chi connectivity index (χ0) is 24.6. The molecule has 6 nitrogen and oxygen atoms in total. The average Bonchev–Trinajstić information content (AvgIpc) is 3.21. The molecular weight excluding hydrogens is 412 g/mol. The van der Waals surface area contributed by atoms with Gasteiger partial charge in [-0.3, -0.25) is 14.9 Å². The fourth-order valence-electron chi connectivity index (χ4n) is 3.67. The topological polar surface area (TPSA) is 70.4 Å². The highest BCUT2D eigenvalue weighted by Gasteiger charge is 2.19. The van der Waals surface area contributed by atoms with Crippen LogP contribution >= 0.6 is 0 Å². The minimum absolute atomic E-state index is 0.515. The van der Waals surface area contributed by atoms with Crippen molar-refractivity contribution in [1.29, 1.82) is 0 Å². The Hall–Kier alpha value is -2.96. The molecule has 0 aliphatic rings. The minimum atomic E-state index is -0.515. The fraction of sp³-hybridized carbons (Fsp3) is 0.407. The summed E-state index contributed by atoms with van der Waals surface area (Å²) in [6.07, 6.45) is 7.76. The quantitative estimate of drug-likeness (QED) is 0.192. The third kappa shape index (κ3) is 8.83. The summed E-state index contributed by atoms with van der Waals surface area (Å²) in [4.78, 5) is 18.6. The first-order valence-corrected chi connectivity index (χ1v) is 11.7. The summed E-state index contributed by atoms with van der Waals surface area (Å²) >= 11 is 0. The van der Waals surface area contributed by atoms with E-state index in [1.54, 1.807) is 11.6 Å². The first kappa shape index (κ1) is 28.1. The molecule has 0 bridgehead atoms. The van der Waals surface area contributed by atoms with E-state index in [2.05, 4.69) is 73.7 Å². The molecule has 0 atom stereocenters. The van der Waals surface area contributed by atoms with E-state index < -0.39 is 5.91 Å². The monoisotopic (exact) mass is 452 g/mol. The van der Waals surface area contributed by atoms with Crippen molar-refractivity contribution in [2.45, 2.75) is 60.0 Å². The smallest absolute Gasteiger partial charge is 0.267 e. The second-order valence-electron chi connectivity index (χ2n) is 7.64. The van der Waals surface area contributed by atoms with Crippen LogP contribution in [0.4, 0.5) is 0 Å². The molecule has 1 aromatic heterocycles. The van der Waals surface area contributed by atoms with Gasteiger partial charge in [-0.1, -0.05) is 61.9 Å². The largest absolute Gasteiger partial charge is 0.330 e. The molecular formula is C27H40N4O2. The van der Waals surface area contributed by atoms with E-state index >= 15 is 0 Å². The Morgan fingerprint density at radius 1 is 1.21 bits per heavy atom. The van der Waals surface area contributed by atoms with Crippen LogP contribution in [0.25, 0.3) is 11.3 Å². The Bertz CT molecular complexity index is 900. The average molecular weight is 453 g/mol. The van der Waals surface area contributed by atoms with Gasteiger partial charge in [-0.05, 0) is 39.8 Å². The first-order chi connectivity index (χ1) is 16.0. The maximum atomic E-state index is 11.1. The summed E-state index contributed by atoms with van der Waals surface area (Å²) in [7, 11) is 0. The van der Waals surface area contributed by atoms with Crippen LogP contribution in [0, 0.1) is 0 Å². The van der Waals surface area contributed by atoms with Crippen LogP contribution < -0.4 is 5.48 Å². The molecule has 2 rings (SSSR count). The number of allylic oxidation sites excluding steroid dienone is 3. The predicted molar refractivity (Wildman–Crippen MR) is 137 cm³/mol. The Morgan fingerprint density at radius 3 is 2.48 bits per heavy atom. The van der Waals surface area contributed by atoms with Crippen molar-refractivity contribution in [2.75, 3.05) is 13.1 Å². The molecule has 0 radical (unpaired) electrons. The van der Waals surface area contributed by atoms with Crippen molar-refractivity contribution in [3.63, 3.8) is 0 Å². The lowest BCUT2D eigenvalue weighted by Gasteiger charge is -2.21. The van der Waals surface area contributed by atoms with Crippen LogP contribution in [0.3, 0.4) is 0 Å². The van der Waals surface area contributed by atoms with Crippen LogP contribution in [-0.4, -0.2) is 38.7 Å². The molecule has 1 aromatic carbocycles. The van der Waals surface area contributed by atoms with Crippen LogP contribution in [0.5, 0.6) is 0 Å². The third-order valence-electron chi connectivity index (χ3n) is 5.33. The Labute approximate surface area is 199 Å². The first-order valence-electron chi connectivity index (χ1n) is 11.7. The van der Waals surface area contributed by atoms with Gasteiger partial charge in [0.05, 0.1) is 11.4 Å². The Kier molecular flexibility index (Phi) is 13.4. The fourth-order valence-corrected chi connectivity index (χ4v) is 3.67. The number of nitrogens with zero attached hydrogens (tertiary/aromatic N) is 3. The van der Waals surface area contributed by atoms with Gasteiger partial charge in [0.2, 0.25) is 0 Å². The number of nitrogens with one attached hydrogen (secondary N) is 1. The maximum Gasteiger partial charge on any atom is 0.267 e. The van der Waals surface area contributed by atoms with Gasteiger partial charge in [0.25, 0.3) is 5.91 Å². The van der Waals surface area contributed by atoms with Crippen molar-refractivity contribution in [1.82, 2.24) is 19.9 Å². The van der Waals surface area contributed by atoms with Crippen molar-refractivity contribution in [2.24, 2.45) is 0 Å². The number of amides is 1. The molecule has 0 spiro atoms. The van der Waals surface area contributed by atoms with Crippen molar-refractivity contribution >= 4 is 5.91 Å². The van der Waals surface area contributed by atoms with Crippen LogP contribution in [0.1, 0.15) is 52.1 Å². The molecule has 1 amide bonds. The molecule has 180 valence electrons. The lowest BCUT2D eigenvalue weighted by Crippen LogP contribution is -2.25.